The van der Waals surface area contributed by atoms with E-state index >= 15 is 0 Å². The van der Waals surface area contributed by atoms with Gasteiger partial charge >= 0.3 is 0 Å². The van der Waals surface area contributed by atoms with Gasteiger partial charge in [0.05, 0.1) is 6.54 Å². The highest BCUT2D eigenvalue weighted by molar-refractivity contribution is 5.00. The molecule has 4 nitrogen and oxygen atoms in total. The first-order chi connectivity index (χ1) is 9.03. The van der Waals surface area contributed by atoms with E-state index < -0.39 is 0 Å². The van der Waals surface area contributed by atoms with Crippen molar-refractivity contribution >= 4 is 0 Å². The Bertz CT molecular complexity index is 436. The van der Waals surface area contributed by atoms with Crippen molar-refractivity contribution in [2.45, 2.75) is 71.4 Å². The topological polar surface area (TPSA) is 51.0 Å². The predicted octanol–water partition coefficient (Wildman–Crippen LogP) is 3.25. The minimum absolute atomic E-state index is 0.501. The average Bonchev–Trinajstić information content (AvgIpc) is 3.08. The van der Waals surface area contributed by atoms with Gasteiger partial charge in [0.2, 0.25) is 11.8 Å². The molecule has 0 aromatic carbocycles. The van der Waals surface area contributed by atoms with Crippen molar-refractivity contribution in [1.29, 1.82) is 0 Å². The molecule has 2 atom stereocenters. The number of aromatic nitrogens is 2. The fraction of sp³-hybridized carbons (Fsp3) is 0.867. The van der Waals surface area contributed by atoms with Gasteiger partial charge in [-0.05, 0) is 43.4 Å². The van der Waals surface area contributed by atoms with Crippen LogP contribution in [-0.2, 0) is 6.54 Å². The molecular weight excluding hydrogens is 238 g/mol. The first kappa shape index (κ1) is 13.1. The van der Waals surface area contributed by atoms with Crippen LogP contribution in [0.3, 0.4) is 0 Å². The Morgan fingerprint density at radius 2 is 2.05 bits per heavy atom. The summed E-state index contributed by atoms with van der Waals surface area (Å²) in [6.45, 7) is 7.82. The lowest BCUT2D eigenvalue weighted by Gasteiger charge is -2.39. The minimum Gasteiger partial charge on any atom is -0.424 e. The van der Waals surface area contributed by atoms with Crippen molar-refractivity contribution in [3.63, 3.8) is 0 Å². The van der Waals surface area contributed by atoms with Crippen LogP contribution in [0.5, 0.6) is 0 Å². The summed E-state index contributed by atoms with van der Waals surface area (Å²) in [5, 5.41) is 11.9. The maximum absolute atomic E-state index is 5.69. The van der Waals surface area contributed by atoms with Crippen molar-refractivity contribution < 1.29 is 4.42 Å². The molecule has 1 aromatic heterocycles. The Morgan fingerprint density at radius 3 is 2.74 bits per heavy atom. The zero-order chi connectivity index (χ0) is 13.5. The van der Waals surface area contributed by atoms with Gasteiger partial charge in [-0.25, -0.2) is 0 Å². The molecule has 0 bridgehead atoms. The van der Waals surface area contributed by atoms with Crippen LogP contribution >= 0.6 is 0 Å². The van der Waals surface area contributed by atoms with E-state index in [4.69, 9.17) is 4.42 Å². The second-order valence-corrected chi connectivity index (χ2v) is 7.18. The van der Waals surface area contributed by atoms with Gasteiger partial charge in [-0.2, -0.15) is 0 Å². The molecule has 0 unspecified atom stereocenters. The van der Waals surface area contributed by atoms with E-state index in [1.807, 2.05) is 0 Å². The van der Waals surface area contributed by atoms with Crippen LogP contribution in [0, 0.1) is 11.3 Å². The van der Waals surface area contributed by atoms with Crippen LogP contribution in [0.4, 0.5) is 0 Å². The van der Waals surface area contributed by atoms with Crippen molar-refractivity contribution in [3.8, 4) is 0 Å². The Kier molecular flexibility index (Phi) is 3.37. The third-order valence-corrected chi connectivity index (χ3v) is 4.62. The van der Waals surface area contributed by atoms with E-state index in [2.05, 4.69) is 36.3 Å². The molecule has 1 heterocycles. The molecule has 2 saturated carbocycles. The largest absolute Gasteiger partial charge is 0.424 e. The van der Waals surface area contributed by atoms with Gasteiger partial charge < -0.3 is 9.73 Å². The monoisotopic (exact) mass is 263 g/mol. The third-order valence-electron chi connectivity index (χ3n) is 4.62. The molecule has 0 amide bonds. The summed E-state index contributed by atoms with van der Waals surface area (Å²) in [6, 6.07) is 0.587. The van der Waals surface area contributed by atoms with E-state index in [0.717, 1.165) is 24.2 Å². The number of nitrogens with zero attached hydrogens (tertiary/aromatic N) is 2. The Labute approximate surface area is 115 Å². The lowest BCUT2D eigenvalue weighted by atomic mass is 9.70. The molecule has 19 heavy (non-hydrogen) atoms. The Morgan fingerprint density at radius 1 is 1.26 bits per heavy atom. The molecule has 1 N–H and O–H groups in total. The maximum Gasteiger partial charge on any atom is 0.230 e. The summed E-state index contributed by atoms with van der Waals surface area (Å²) >= 11 is 0. The highest BCUT2D eigenvalue weighted by Gasteiger charge is 2.32. The highest BCUT2D eigenvalue weighted by Crippen LogP contribution is 2.39. The van der Waals surface area contributed by atoms with Crippen molar-refractivity contribution in [1.82, 2.24) is 15.5 Å². The third kappa shape index (κ3) is 3.16. The summed E-state index contributed by atoms with van der Waals surface area (Å²) in [5.74, 6) is 2.86. The molecule has 4 heteroatoms. The fourth-order valence-corrected chi connectivity index (χ4v) is 3.30. The Hall–Kier alpha value is -0.900. The molecule has 1 aromatic rings. The zero-order valence-electron chi connectivity index (χ0n) is 12.3. The molecule has 2 aliphatic rings. The predicted molar refractivity (Wildman–Crippen MR) is 73.7 cm³/mol. The number of hydrogen-bond acceptors (Lipinski definition) is 4. The van der Waals surface area contributed by atoms with Gasteiger partial charge in [-0.1, -0.05) is 20.8 Å². The van der Waals surface area contributed by atoms with Crippen LogP contribution in [-0.4, -0.2) is 16.2 Å². The van der Waals surface area contributed by atoms with Crippen LogP contribution in [0.25, 0.3) is 0 Å². The van der Waals surface area contributed by atoms with Crippen molar-refractivity contribution in [2.24, 2.45) is 11.3 Å². The maximum atomic E-state index is 5.69. The van der Waals surface area contributed by atoms with Gasteiger partial charge in [-0.15, -0.1) is 10.2 Å². The summed E-state index contributed by atoms with van der Waals surface area (Å²) in [7, 11) is 0. The van der Waals surface area contributed by atoms with E-state index in [9.17, 15) is 0 Å². The first-order valence-corrected chi connectivity index (χ1v) is 7.59. The van der Waals surface area contributed by atoms with E-state index in [1.54, 1.807) is 0 Å². The summed E-state index contributed by atoms with van der Waals surface area (Å²) < 4.78 is 5.69. The van der Waals surface area contributed by atoms with E-state index in [0.29, 0.717) is 17.4 Å². The second-order valence-electron chi connectivity index (χ2n) is 7.18. The lowest BCUT2D eigenvalue weighted by molar-refractivity contribution is 0.146. The number of rotatable bonds is 4. The lowest BCUT2D eigenvalue weighted by Crippen LogP contribution is -2.41. The fourth-order valence-electron chi connectivity index (χ4n) is 3.30. The minimum atomic E-state index is 0.501. The molecular formula is C15H25N3O. The number of hydrogen-bond donors (Lipinski definition) is 1. The Balaban J connectivity index is 1.51. The smallest absolute Gasteiger partial charge is 0.230 e. The van der Waals surface area contributed by atoms with Gasteiger partial charge in [0.15, 0.2) is 0 Å². The van der Waals surface area contributed by atoms with Gasteiger partial charge in [0.1, 0.15) is 0 Å². The van der Waals surface area contributed by atoms with Gasteiger partial charge in [0.25, 0.3) is 0 Å². The standard InChI is InChI=1S/C15H25N3O/c1-10-8-15(2,3)7-6-12(10)16-9-13-17-18-14(19-13)11-4-5-11/h10-12,16H,4-9H2,1-3H3/t10-,12-/m1/s1. The molecule has 106 valence electrons. The molecule has 0 aliphatic heterocycles. The molecule has 0 radical (unpaired) electrons. The molecule has 2 fully saturated rings. The van der Waals surface area contributed by atoms with E-state index in [-0.39, 0.29) is 0 Å². The van der Waals surface area contributed by atoms with Gasteiger partial charge in [-0.3, -0.25) is 0 Å². The van der Waals surface area contributed by atoms with Gasteiger partial charge in [0, 0.05) is 12.0 Å². The summed E-state index contributed by atoms with van der Waals surface area (Å²) in [4.78, 5) is 0. The van der Waals surface area contributed by atoms with Crippen LogP contribution < -0.4 is 5.32 Å². The van der Waals surface area contributed by atoms with E-state index in [1.165, 1.54) is 32.1 Å². The summed E-state index contributed by atoms with van der Waals surface area (Å²) in [6.07, 6.45) is 6.26. The SMILES string of the molecule is C[C@@H]1CC(C)(C)CC[C@H]1NCc1nnc(C2CC2)o1. The zero-order valence-corrected chi connectivity index (χ0v) is 12.3. The number of nitrogens with one attached hydrogen (secondary N) is 1. The molecule has 2 aliphatic carbocycles. The molecule has 0 saturated heterocycles. The van der Waals surface area contributed by atoms with Crippen LogP contribution in [0.2, 0.25) is 0 Å². The first-order valence-electron chi connectivity index (χ1n) is 7.59. The van der Waals surface area contributed by atoms with Crippen LogP contribution in [0.1, 0.15) is 70.6 Å². The van der Waals surface area contributed by atoms with Crippen molar-refractivity contribution in [3.05, 3.63) is 11.8 Å². The molecule has 3 rings (SSSR count). The average molecular weight is 263 g/mol. The normalized spacial score (nSPS) is 30.5. The summed E-state index contributed by atoms with van der Waals surface area (Å²) in [5.41, 5.74) is 0.501. The van der Waals surface area contributed by atoms with Crippen LogP contribution in [0.15, 0.2) is 4.42 Å². The quantitative estimate of drug-likeness (QED) is 0.906. The van der Waals surface area contributed by atoms with Crippen molar-refractivity contribution in [2.75, 3.05) is 0 Å². The molecule has 0 spiro atoms. The highest BCUT2D eigenvalue weighted by atomic mass is 16.4. The second kappa shape index (κ2) is 4.89.